The van der Waals surface area contributed by atoms with Gasteiger partial charge in [0.25, 0.3) is 0 Å². The molecule has 0 saturated heterocycles. The number of amides is 2. The summed E-state index contributed by atoms with van der Waals surface area (Å²) in [7, 11) is 0. The molecule has 2 N–H and O–H groups in total. The Balaban J connectivity index is 1.46. The van der Waals surface area contributed by atoms with Crippen molar-refractivity contribution in [3.05, 3.63) is 18.2 Å². The van der Waals surface area contributed by atoms with Gasteiger partial charge in [-0.2, -0.15) is 0 Å². The van der Waals surface area contributed by atoms with Gasteiger partial charge in [-0.3, -0.25) is 9.59 Å². The van der Waals surface area contributed by atoms with Gasteiger partial charge in [0.1, 0.15) is 0 Å². The molecule has 0 radical (unpaired) electrons. The Labute approximate surface area is 135 Å². The van der Waals surface area contributed by atoms with Gasteiger partial charge in [-0.05, 0) is 25.0 Å². The lowest BCUT2D eigenvalue weighted by Crippen LogP contribution is -2.28. The minimum atomic E-state index is -0.230. The Morgan fingerprint density at radius 2 is 1.91 bits per heavy atom. The molecule has 1 aromatic carbocycles. The van der Waals surface area contributed by atoms with E-state index < -0.39 is 0 Å². The Hall–Kier alpha value is -2.24. The van der Waals surface area contributed by atoms with Crippen molar-refractivity contribution in [1.29, 1.82) is 0 Å². The molecule has 0 spiro atoms. The number of fused-ring (bicyclic) bond motifs is 1. The lowest BCUT2D eigenvalue weighted by molar-refractivity contribution is -0.125. The van der Waals surface area contributed by atoms with Crippen molar-refractivity contribution in [2.75, 3.05) is 18.7 Å². The van der Waals surface area contributed by atoms with Gasteiger partial charge in [-0.1, -0.05) is 19.8 Å². The summed E-state index contributed by atoms with van der Waals surface area (Å²) < 4.78 is 10.5. The molecule has 2 atom stereocenters. The predicted molar refractivity (Wildman–Crippen MR) is 85.3 cm³/mol. The van der Waals surface area contributed by atoms with Crippen LogP contribution in [0, 0.1) is 11.8 Å². The van der Waals surface area contributed by atoms with Crippen LogP contribution in [0.15, 0.2) is 18.2 Å². The Morgan fingerprint density at radius 3 is 2.74 bits per heavy atom. The number of nitrogens with one attached hydrogen (secondary N) is 2. The average molecular weight is 318 g/mol. The van der Waals surface area contributed by atoms with Crippen LogP contribution < -0.4 is 20.1 Å². The summed E-state index contributed by atoms with van der Waals surface area (Å²) >= 11 is 0. The Kier molecular flexibility index (Phi) is 4.69. The first-order chi connectivity index (χ1) is 11.2. The lowest BCUT2D eigenvalue weighted by atomic mass is 10.2. The molecule has 1 fully saturated rings. The molecule has 124 valence electrons. The number of carbonyl (C=O) groups excluding carboxylic acids is 2. The van der Waals surface area contributed by atoms with E-state index in [1.807, 2.05) is 0 Å². The number of hydrogen-bond acceptors (Lipinski definition) is 4. The fourth-order valence-electron chi connectivity index (χ4n) is 2.70. The zero-order valence-electron chi connectivity index (χ0n) is 13.3. The van der Waals surface area contributed by atoms with Crippen LogP contribution in [0.2, 0.25) is 0 Å². The normalized spacial score (nSPS) is 20.9. The Morgan fingerprint density at radius 1 is 1.13 bits per heavy atom. The molecule has 1 aromatic rings. The van der Waals surface area contributed by atoms with Gasteiger partial charge in [-0.15, -0.1) is 0 Å². The van der Waals surface area contributed by atoms with E-state index in [4.69, 9.17) is 9.47 Å². The maximum absolute atomic E-state index is 12.2. The molecule has 1 heterocycles. The van der Waals surface area contributed by atoms with Gasteiger partial charge in [0.2, 0.25) is 18.6 Å². The summed E-state index contributed by atoms with van der Waals surface area (Å²) in [6.07, 6.45) is 3.85. The predicted octanol–water partition coefficient (Wildman–Crippen LogP) is 2.30. The topological polar surface area (TPSA) is 76.7 Å². The van der Waals surface area contributed by atoms with Crippen molar-refractivity contribution in [1.82, 2.24) is 5.32 Å². The Bertz CT molecular complexity index is 602. The molecule has 6 nitrogen and oxygen atoms in total. The summed E-state index contributed by atoms with van der Waals surface area (Å²) in [6.45, 7) is 3.02. The fourth-order valence-corrected chi connectivity index (χ4v) is 2.70. The maximum Gasteiger partial charge on any atom is 0.231 e. The number of hydrogen-bond donors (Lipinski definition) is 2. The highest BCUT2D eigenvalue weighted by Crippen LogP contribution is 2.40. The largest absolute Gasteiger partial charge is 0.454 e. The summed E-state index contributed by atoms with van der Waals surface area (Å²) in [4.78, 5) is 24.2. The summed E-state index contributed by atoms with van der Waals surface area (Å²) in [5.41, 5.74) is 0.660. The van der Waals surface area contributed by atoms with Crippen LogP contribution in [0.4, 0.5) is 5.69 Å². The first-order valence-corrected chi connectivity index (χ1v) is 8.17. The molecule has 1 saturated carbocycles. The van der Waals surface area contributed by atoms with Crippen LogP contribution in [-0.4, -0.2) is 25.2 Å². The van der Waals surface area contributed by atoms with E-state index in [-0.39, 0.29) is 30.4 Å². The molecule has 3 rings (SSSR count). The molecule has 1 aliphatic heterocycles. The van der Waals surface area contributed by atoms with E-state index in [0.29, 0.717) is 30.2 Å². The van der Waals surface area contributed by atoms with Crippen molar-refractivity contribution < 1.29 is 19.1 Å². The zero-order valence-corrected chi connectivity index (χ0v) is 13.3. The van der Waals surface area contributed by atoms with Crippen LogP contribution in [0.1, 0.15) is 32.6 Å². The van der Waals surface area contributed by atoms with Crippen molar-refractivity contribution in [3.8, 4) is 11.5 Å². The van der Waals surface area contributed by atoms with Crippen molar-refractivity contribution in [2.45, 2.75) is 32.6 Å². The van der Waals surface area contributed by atoms with Gasteiger partial charge in [0.05, 0.1) is 11.8 Å². The van der Waals surface area contributed by atoms with Gasteiger partial charge in [0.15, 0.2) is 11.5 Å². The molecule has 6 heteroatoms. The van der Waals surface area contributed by atoms with Crippen LogP contribution in [0.25, 0.3) is 0 Å². The first kappa shape index (κ1) is 15.6. The molecule has 2 unspecified atom stereocenters. The van der Waals surface area contributed by atoms with Crippen LogP contribution in [0.3, 0.4) is 0 Å². The van der Waals surface area contributed by atoms with Crippen LogP contribution in [0.5, 0.6) is 11.5 Å². The second-order valence-corrected chi connectivity index (χ2v) is 6.00. The summed E-state index contributed by atoms with van der Waals surface area (Å²) in [5, 5.41) is 5.75. The van der Waals surface area contributed by atoms with Crippen LogP contribution >= 0.6 is 0 Å². The number of unbranched alkanes of at least 4 members (excludes halogenated alkanes) is 2. The van der Waals surface area contributed by atoms with Gasteiger partial charge >= 0.3 is 0 Å². The average Bonchev–Trinajstić information content (AvgIpc) is 3.22. The summed E-state index contributed by atoms with van der Waals surface area (Å²) in [6, 6.07) is 5.28. The molecule has 1 aliphatic carbocycles. The number of benzene rings is 1. The monoisotopic (exact) mass is 318 g/mol. The third-order valence-corrected chi connectivity index (χ3v) is 4.18. The first-order valence-electron chi connectivity index (χ1n) is 8.17. The van der Waals surface area contributed by atoms with E-state index in [9.17, 15) is 9.59 Å². The van der Waals surface area contributed by atoms with Crippen molar-refractivity contribution in [3.63, 3.8) is 0 Å². The second-order valence-electron chi connectivity index (χ2n) is 6.00. The maximum atomic E-state index is 12.2. The highest BCUT2D eigenvalue weighted by atomic mass is 16.7. The quantitative estimate of drug-likeness (QED) is 0.756. The van der Waals surface area contributed by atoms with E-state index >= 15 is 0 Å². The molecule has 0 bridgehead atoms. The molecule has 23 heavy (non-hydrogen) atoms. The number of anilines is 1. The van der Waals surface area contributed by atoms with Gasteiger partial charge in [-0.25, -0.2) is 0 Å². The molecular formula is C17H22N2O4. The smallest absolute Gasteiger partial charge is 0.231 e. The SMILES string of the molecule is CCCCCNC(=O)C1CC1C(=O)Nc1ccc2c(c1)OCO2. The number of ether oxygens (including phenoxy) is 2. The van der Waals surface area contributed by atoms with E-state index in [1.165, 1.54) is 0 Å². The minimum Gasteiger partial charge on any atom is -0.454 e. The van der Waals surface area contributed by atoms with E-state index in [2.05, 4.69) is 17.6 Å². The summed E-state index contributed by atoms with van der Waals surface area (Å²) in [5.74, 6) is 0.768. The number of rotatable bonds is 7. The highest BCUT2D eigenvalue weighted by Gasteiger charge is 2.47. The standard InChI is InChI=1S/C17H22N2O4/c1-2-3-4-7-18-16(20)12-9-13(12)17(21)19-11-5-6-14-15(8-11)23-10-22-14/h5-6,8,12-13H,2-4,7,9-10H2,1H3,(H,18,20)(H,19,21). The lowest BCUT2D eigenvalue weighted by Gasteiger charge is -2.06. The van der Waals surface area contributed by atoms with Gasteiger partial charge in [0, 0.05) is 18.3 Å². The van der Waals surface area contributed by atoms with E-state index in [1.54, 1.807) is 18.2 Å². The molecule has 0 aromatic heterocycles. The molecule has 2 aliphatic rings. The number of carbonyl (C=O) groups is 2. The zero-order chi connectivity index (χ0) is 16.2. The third-order valence-electron chi connectivity index (χ3n) is 4.18. The van der Waals surface area contributed by atoms with E-state index in [0.717, 1.165) is 19.3 Å². The van der Waals surface area contributed by atoms with Crippen molar-refractivity contribution in [2.24, 2.45) is 11.8 Å². The van der Waals surface area contributed by atoms with Gasteiger partial charge < -0.3 is 20.1 Å². The highest BCUT2D eigenvalue weighted by molar-refractivity contribution is 5.99. The third kappa shape index (κ3) is 3.75. The minimum absolute atomic E-state index is 0.00746. The molecule has 2 amide bonds. The van der Waals surface area contributed by atoms with Crippen molar-refractivity contribution >= 4 is 17.5 Å². The van der Waals surface area contributed by atoms with Crippen LogP contribution in [-0.2, 0) is 9.59 Å². The fraction of sp³-hybridized carbons (Fsp3) is 0.529. The second kappa shape index (κ2) is 6.89. The molecular weight excluding hydrogens is 296 g/mol.